The summed E-state index contributed by atoms with van der Waals surface area (Å²) in [6.07, 6.45) is 0. The van der Waals surface area contributed by atoms with E-state index in [0.717, 1.165) is 11.3 Å². The largest absolute Gasteiger partial charge is 0.314 e. The van der Waals surface area contributed by atoms with Gasteiger partial charge in [0.15, 0.2) is 9.84 Å². The lowest BCUT2D eigenvalue weighted by Crippen LogP contribution is -2.28. The van der Waals surface area contributed by atoms with Crippen LogP contribution in [0.15, 0.2) is 16.3 Å². The van der Waals surface area contributed by atoms with E-state index in [1.165, 1.54) is 0 Å². The molecule has 0 aliphatic carbocycles. The van der Waals surface area contributed by atoms with Gasteiger partial charge in [0.25, 0.3) is 0 Å². The fourth-order valence-electron chi connectivity index (χ4n) is 1.05. The monoisotopic (exact) mass is 267 g/mol. The molecule has 3 nitrogen and oxygen atoms in total. The van der Waals surface area contributed by atoms with Crippen LogP contribution >= 0.6 is 22.9 Å². The first-order valence-electron chi connectivity index (χ1n) is 4.63. The van der Waals surface area contributed by atoms with Gasteiger partial charge in [0.05, 0.1) is 10.1 Å². The van der Waals surface area contributed by atoms with Crippen molar-refractivity contribution in [1.29, 1.82) is 0 Å². The molecular weight excluding hydrogens is 254 g/mol. The maximum absolute atomic E-state index is 11.7. The Kier molecular flexibility index (Phi) is 4.58. The van der Waals surface area contributed by atoms with Crippen molar-refractivity contribution in [2.75, 3.05) is 12.3 Å². The lowest BCUT2D eigenvalue weighted by atomic mass is 10.4. The van der Waals surface area contributed by atoms with Crippen LogP contribution in [-0.4, -0.2) is 26.8 Å². The summed E-state index contributed by atoms with van der Waals surface area (Å²) in [4.78, 5) is 0. The normalized spacial score (nSPS) is 12.3. The molecule has 0 amide bonds. The molecule has 1 heterocycles. The quantitative estimate of drug-likeness (QED) is 0.889. The maximum atomic E-state index is 11.7. The molecule has 0 aromatic carbocycles. The summed E-state index contributed by atoms with van der Waals surface area (Å²) in [5.74, 6) is 0.113. The Morgan fingerprint density at radius 1 is 1.47 bits per heavy atom. The number of halogens is 1. The first kappa shape index (κ1) is 13.0. The van der Waals surface area contributed by atoms with Crippen molar-refractivity contribution in [3.63, 3.8) is 0 Å². The van der Waals surface area contributed by atoms with Gasteiger partial charge in [0, 0.05) is 12.6 Å². The summed E-state index contributed by atoms with van der Waals surface area (Å²) in [5.41, 5.74) is 0. The summed E-state index contributed by atoms with van der Waals surface area (Å²) in [5, 5.41) is 3.07. The van der Waals surface area contributed by atoms with E-state index in [9.17, 15) is 8.42 Å². The lowest BCUT2D eigenvalue weighted by molar-refractivity contribution is 0.579. The number of thiophene rings is 1. The third-order valence-corrected chi connectivity index (χ3v) is 5.31. The van der Waals surface area contributed by atoms with Crippen LogP contribution in [0.1, 0.15) is 13.8 Å². The Hall–Kier alpha value is -0.100. The van der Waals surface area contributed by atoms with Gasteiger partial charge in [-0.05, 0) is 12.1 Å². The van der Waals surface area contributed by atoms with Crippen molar-refractivity contribution in [1.82, 2.24) is 5.32 Å². The highest BCUT2D eigenvalue weighted by molar-refractivity contribution is 7.93. The van der Waals surface area contributed by atoms with E-state index >= 15 is 0 Å². The Bertz CT molecular complexity index is 412. The van der Waals surface area contributed by atoms with Crippen LogP contribution in [0.4, 0.5) is 0 Å². The average molecular weight is 268 g/mol. The van der Waals surface area contributed by atoms with E-state index in [2.05, 4.69) is 5.32 Å². The maximum Gasteiger partial charge on any atom is 0.189 e. The minimum atomic E-state index is -3.16. The summed E-state index contributed by atoms with van der Waals surface area (Å²) in [7, 11) is -3.16. The third-order valence-electron chi connectivity index (χ3n) is 1.78. The molecule has 0 radical (unpaired) electrons. The Labute approximate surface area is 99.4 Å². The molecule has 1 N–H and O–H groups in total. The first-order chi connectivity index (χ1) is 6.92. The topological polar surface area (TPSA) is 46.2 Å². The van der Waals surface area contributed by atoms with Crippen molar-refractivity contribution < 1.29 is 8.42 Å². The molecule has 86 valence electrons. The van der Waals surface area contributed by atoms with E-state index < -0.39 is 9.84 Å². The van der Waals surface area contributed by atoms with E-state index in [4.69, 9.17) is 11.6 Å². The van der Waals surface area contributed by atoms with Gasteiger partial charge in [-0.1, -0.05) is 25.4 Å². The number of nitrogens with one attached hydrogen (secondary N) is 1. The molecule has 0 fully saturated rings. The second-order valence-electron chi connectivity index (χ2n) is 3.49. The van der Waals surface area contributed by atoms with Crippen LogP contribution in [0.5, 0.6) is 0 Å². The Balaban J connectivity index is 2.60. The molecule has 1 aromatic heterocycles. The Morgan fingerprint density at radius 2 is 2.13 bits per heavy atom. The lowest BCUT2D eigenvalue weighted by Gasteiger charge is -2.07. The van der Waals surface area contributed by atoms with Gasteiger partial charge in [-0.2, -0.15) is 0 Å². The molecule has 0 saturated heterocycles. The van der Waals surface area contributed by atoms with Crippen LogP contribution in [0.2, 0.25) is 4.34 Å². The van der Waals surface area contributed by atoms with Crippen LogP contribution in [0, 0.1) is 0 Å². The second-order valence-corrected chi connectivity index (χ2v) is 7.54. The highest BCUT2D eigenvalue weighted by atomic mass is 35.5. The highest BCUT2D eigenvalue weighted by Crippen LogP contribution is 2.26. The van der Waals surface area contributed by atoms with Gasteiger partial charge in [0.1, 0.15) is 4.21 Å². The average Bonchev–Trinajstić information content (AvgIpc) is 2.51. The minimum Gasteiger partial charge on any atom is -0.314 e. The molecule has 0 aliphatic rings. The molecule has 0 aliphatic heterocycles. The van der Waals surface area contributed by atoms with Crippen LogP contribution in [-0.2, 0) is 9.84 Å². The number of hydrogen-bond donors (Lipinski definition) is 1. The minimum absolute atomic E-state index is 0.113. The Morgan fingerprint density at radius 3 is 2.60 bits per heavy atom. The van der Waals surface area contributed by atoms with Gasteiger partial charge in [-0.15, -0.1) is 11.3 Å². The highest BCUT2D eigenvalue weighted by Gasteiger charge is 2.16. The van der Waals surface area contributed by atoms with Crippen LogP contribution in [0.25, 0.3) is 0 Å². The molecular formula is C9H14ClNO2S2. The number of hydrogen-bond acceptors (Lipinski definition) is 4. The van der Waals surface area contributed by atoms with Gasteiger partial charge in [-0.25, -0.2) is 8.42 Å². The van der Waals surface area contributed by atoms with Gasteiger partial charge in [0.2, 0.25) is 0 Å². The van der Waals surface area contributed by atoms with Gasteiger partial charge >= 0.3 is 0 Å². The van der Waals surface area contributed by atoms with Crippen molar-refractivity contribution in [3.8, 4) is 0 Å². The molecule has 15 heavy (non-hydrogen) atoms. The molecule has 0 atom stereocenters. The SMILES string of the molecule is CC(C)NCCS(=O)(=O)c1ccc(Cl)s1. The van der Waals surface area contributed by atoms with Crippen molar-refractivity contribution in [3.05, 3.63) is 16.5 Å². The summed E-state index contributed by atoms with van der Waals surface area (Å²) in [6.45, 7) is 4.43. The van der Waals surface area contributed by atoms with E-state index in [1.54, 1.807) is 12.1 Å². The fraction of sp³-hybridized carbons (Fsp3) is 0.556. The summed E-state index contributed by atoms with van der Waals surface area (Å²) in [6, 6.07) is 3.46. The van der Waals surface area contributed by atoms with Gasteiger partial charge in [-0.3, -0.25) is 0 Å². The molecule has 1 rings (SSSR count). The van der Waals surface area contributed by atoms with E-state index in [0.29, 0.717) is 21.1 Å². The van der Waals surface area contributed by atoms with Crippen LogP contribution < -0.4 is 5.32 Å². The predicted octanol–water partition coefficient (Wildman–Crippen LogP) is 2.17. The van der Waals surface area contributed by atoms with Gasteiger partial charge < -0.3 is 5.32 Å². The molecule has 0 unspecified atom stereocenters. The molecule has 0 bridgehead atoms. The smallest absolute Gasteiger partial charge is 0.189 e. The zero-order chi connectivity index (χ0) is 11.5. The predicted molar refractivity (Wildman–Crippen MR) is 64.5 cm³/mol. The second kappa shape index (κ2) is 5.30. The van der Waals surface area contributed by atoms with Crippen LogP contribution in [0.3, 0.4) is 0 Å². The molecule has 0 saturated carbocycles. The zero-order valence-corrected chi connectivity index (χ0v) is 11.0. The van der Waals surface area contributed by atoms with Crippen molar-refractivity contribution >= 4 is 32.8 Å². The number of sulfone groups is 1. The molecule has 0 spiro atoms. The molecule has 1 aromatic rings. The van der Waals surface area contributed by atoms with Crippen molar-refractivity contribution in [2.45, 2.75) is 24.1 Å². The standard InChI is InChI=1S/C9H14ClNO2S2/c1-7(2)11-5-6-15(12,13)9-4-3-8(10)14-9/h3-4,7,11H,5-6H2,1-2H3. The summed E-state index contributed by atoms with van der Waals surface area (Å²) >= 11 is 6.79. The van der Waals surface area contributed by atoms with E-state index in [-0.39, 0.29) is 5.75 Å². The number of rotatable bonds is 5. The third kappa shape index (κ3) is 4.10. The van der Waals surface area contributed by atoms with E-state index in [1.807, 2.05) is 13.8 Å². The van der Waals surface area contributed by atoms with Crippen molar-refractivity contribution in [2.24, 2.45) is 0 Å². The molecule has 6 heteroatoms. The first-order valence-corrected chi connectivity index (χ1v) is 7.48. The summed E-state index contributed by atoms with van der Waals surface area (Å²) < 4.78 is 24.3. The zero-order valence-electron chi connectivity index (χ0n) is 8.66. The fourth-order valence-corrected chi connectivity index (χ4v) is 3.85.